The molecule has 1 amide bonds. The van der Waals surface area contributed by atoms with Gasteiger partial charge in [-0.1, -0.05) is 57.9 Å². The largest absolute Gasteiger partial charge is 0.349 e. The average molecular weight is 487 g/mol. The first kappa shape index (κ1) is 20.3. The van der Waals surface area contributed by atoms with Gasteiger partial charge in [0.1, 0.15) is 12.4 Å². The van der Waals surface area contributed by atoms with Crippen molar-refractivity contribution in [3.8, 4) is 11.3 Å². The summed E-state index contributed by atoms with van der Waals surface area (Å²) < 4.78 is 15.8. The molecule has 0 bridgehead atoms. The molecule has 0 fully saturated rings. The van der Waals surface area contributed by atoms with Crippen molar-refractivity contribution in [2.45, 2.75) is 6.54 Å². The molecule has 8 heteroatoms. The van der Waals surface area contributed by atoms with E-state index in [1.54, 1.807) is 24.3 Å². The normalized spacial score (nSPS) is 10.9. The van der Waals surface area contributed by atoms with E-state index in [0.29, 0.717) is 26.1 Å². The minimum atomic E-state index is -0.588. The van der Waals surface area contributed by atoms with Crippen molar-refractivity contribution in [3.63, 3.8) is 0 Å². The maximum absolute atomic E-state index is 14.0. The topological polar surface area (TPSA) is 64.0 Å². The van der Waals surface area contributed by atoms with Gasteiger partial charge >= 0.3 is 5.69 Å². The summed E-state index contributed by atoms with van der Waals surface area (Å²) in [5, 5.41) is 3.60. The Morgan fingerprint density at radius 1 is 1.10 bits per heavy atom. The zero-order chi connectivity index (χ0) is 21.3. The Kier molecular flexibility index (Phi) is 5.65. The number of hydrogen-bond acceptors (Lipinski definition) is 3. The number of aromatic nitrogens is 2. The molecule has 1 N–H and O–H groups in total. The first-order valence-electron chi connectivity index (χ1n) is 8.93. The highest BCUT2D eigenvalue weighted by Crippen LogP contribution is 2.28. The highest BCUT2D eigenvalue weighted by molar-refractivity contribution is 9.10. The SMILES string of the molecule is O=C(Cn1c(=O)nc(-c2ccccc2)c2cc(Cl)ccc21)Nc1ccc(Br)cc1F. The van der Waals surface area contributed by atoms with Crippen LogP contribution in [0, 0.1) is 5.82 Å². The molecule has 1 heterocycles. The van der Waals surface area contributed by atoms with Gasteiger partial charge in [-0.2, -0.15) is 4.98 Å². The second-order valence-corrected chi connectivity index (χ2v) is 7.88. The van der Waals surface area contributed by atoms with Crippen LogP contribution < -0.4 is 11.0 Å². The molecule has 5 nitrogen and oxygen atoms in total. The van der Waals surface area contributed by atoms with E-state index in [2.05, 4.69) is 26.2 Å². The maximum atomic E-state index is 14.0. The van der Waals surface area contributed by atoms with E-state index in [0.717, 1.165) is 5.56 Å². The smallest absolute Gasteiger partial charge is 0.322 e. The highest BCUT2D eigenvalue weighted by Gasteiger charge is 2.16. The summed E-state index contributed by atoms with van der Waals surface area (Å²) in [6, 6.07) is 18.5. The molecule has 0 aliphatic rings. The molecule has 0 saturated carbocycles. The van der Waals surface area contributed by atoms with Crippen molar-refractivity contribution in [3.05, 3.63) is 92.5 Å². The Bertz CT molecular complexity index is 1330. The fraction of sp³-hybridized carbons (Fsp3) is 0.0455. The molecule has 0 aliphatic heterocycles. The minimum absolute atomic E-state index is 0.0254. The summed E-state index contributed by atoms with van der Waals surface area (Å²) in [5.41, 5.74) is 1.18. The predicted molar refractivity (Wildman–Crippen MR) is 119 cm³/mol. The summed E-state index contributed by atoms with van der Waals surface area (Å²) >= 11 is 9.34. The molecule has 30 heavy (non-hydrogen) atoms. The van der Waals surface area contributed by atoms with Gasteiger partial charge in [-0.05, 0) is 36.4 Å². The van der Waals surface area contributed by atoms with Gasteiger partial charge in [-0.3, -0.25) is 9.36 Å². The van der Waals surface area contributed by atoms with Crippen molar-refractivity contribution in [1.82, 2.24) is 9.55 Å². The third-order valence-corrected chi connectivity index (χ3v) is 5.23. The van der Waals surface area contributed by atoms with Gasteiger partial charge in [0, 0.05) is 20.4 Å². The molecule has 150 valence electrons. The molecule has 0 unspecified atom stereocenters. The molecule has 1 aromatic heterocycles. The number of anilines is 1. The Labute approximate surface area is 184 Å². The van der Waals surface area contributed by atoms with Crippen LogP contribution in [0.1, 0.15) is 0 Å². The zero-order valence-electron chi connectivity index (χ0n) is 15.4. The van der Waals surface area contributed by atoms with E-state index in [-0.39, 0.29) is 12.2 Å². The second-order valence-electron chi connectivity index (χ2n) is 6.53. The molecule has 0 atom stereocenters. The Hall–Kier alpha value is -3.03. The molecule has 3 aromatic carbocycles. The quantitative estimate of drug-likeness (QED) is 0.428. The number of benzene rings is 3. The van der Waals surface area contributed by atoms with Crippen molar-refractivity contribution in [1.29, 1.82) is 0 Å². The number of fused-ring (bicyclic) bond motifs is 1. The highest BCUT2D eigenvalue weighted by atomic mass is 79.9. The zero-order valence-corrected chi connectivity index (χ0v) is 17.7. The van der Waals surface area contributed by atoms with E-state index in [1.807, 2.05) is 30.3 Å². The lowest BCUT2D eigenvalue weighted by atomic mass is 10.1. The Morgan fingerprint density at radius 3 is 2.60 bits per heavy atom. The van der Waals surface area contributed by atoms with Crippen LogP contribution in [-0.2, 0) is 11.3 Å². The van der Waals surface area contributed by atoms with Crippen LogP contribution in [0.4, 0.5) is 10.1 Å². The third kappa shape index (κ3) is 4.13. The number of halogens is 3. The first-order chi connectivity index (χ1) is 14.4. The van der Waals surface area contributed by atoms with Crippen LogP contribution in [0.5, 0.6) is 0 Å². The molecule has 4 aromatic rings. The first-order valence-corrected chi connectivity index (χ1v) is 10.1. The molecule has 0 radical (unpaired) electrons. The van der Waals surface area contributed by atoms with Gasteiger partial charge in [0.15, 0.2) is 0 Å². The minimum Gasteiger partial charge on any atom is -0.322 e. The number of carbonyl (C=O) groups excluding carboxylic acids is 1. The van der Waals surface area contributed by atoms with Crippen LogP contribution >= 0.6 is 27.5 Å². The monoisotopic (exact) mass is 485 g/mol. The van der Waals surface area contributed by atoms with Crippen molar-refractivity contribution in [2.24, 2.45) is 0 Å². The van der Waals surface area contributed by atoms with Gasteiger partial charge in [0.2, 0.25) is 5.91 Å². The van der Waals surface area contributed by atoms with Crippen LogP contribution in [0.2, 0.25) is 5.02 Å². The van der Waals surface area contributed by atoms with Crippen LogP contribution in [0.15, 0.2) is 76.0 Å². The van der Waals surface area contributed by atoms with Crippen molar-refractivity contribution >= 4 is 50.0 Å². The standard InChI is InChI=1S/C22H14BrClFN3O2/c23-14-6-8-18(17(25)10-14)26-20(29)12-28-19-9-7-15(24)11-16(19)21(27-22(28)30)13-4-2-1-3-5-13/h1-11H,12H2,(H,26,29). The van der Waals surface area contributed by atoms with E-state index < -0.39 is 17.4 Å². The summed E-state index contributed by atoms with van der Waals surface area (Å²) in [4.78, 5) is 29.5. The molecule has 0 aliphatic carbocycles. The van der Waals surface area contributed by atoms with Gasteiger partial charge in [0.05, 0.1) is 16.9 Å². The Morgan fingerprint density at radius 2 is 1.87 bits per heavy atom. The van der Waals surface area contributed by atoms with Crippen molar-refractivity contribution in [2.75, 3.05) is 5.32 Å². The fourth-order valence-corrected chi connectivity index (χ4v) is 3.65. The number of hydrogen-bond donors (Lipinski definition) is 1. The molecular weight excluding hydrogens is 473 g/mol. The summed E-state index contributed by atoms with van der Waals surface area (Å²) in [6.45, 7) is -0.325. The van der Waals surface area contributed by atoms with E-state index in [4.69, 9.17) is 11.6 Å². The van der Waals surface area contributed by atoms with Crippen LogP contribution in [0.3, 0.4) is 0 Å². The van der Waals surface area contributed by atoms with Gasteiger partial charge in [0.25, 0.3) is 0 Å². The summed E-state index contributed by atoms with van der Waals surface area (Å²) in [6.07, 6.45) is 0. The molecular formula is C22H14BrClFN3O2. The lowest BCUT2D eigenvalue weighted by Crippen LogP contribution is -2.30. The van der Waals surface area contributed by atoms with Gasteiger partial charge in [-0.15, -0.1) is 0 Å². The van der Waals surface area contributed by atoms with Gasteiger partial charge in [-0.25, -0.2) is 9.18 Å². The number of carbonyl (C=O) groups is 1. The molecule has 0 spiro atoms. The van der Waals surface area contributed by atoms with E-state index in [1.165, 1.54) is 16.7 Å². The van der Waals surface area contributed by atoms with Crippen molar-refractivity contribution < 1.29 is 9.18 Å². The maximum Gasteiger partial charge on any atom is 0.349 e. The van der Waals surface area contributed by atoms with E-state index in [9.17, 15) is 14.0 Å². The van der Waals surface area contributed by atoms with Crippen LogP contribution in [-0.4, -0.2) is 15.5 Å². The number of nitrogens with one attached hydrogen (secondary N) is 1. The fourth-order valence-electron chi connectivity index (χ4n) is 3.15. The number of amides is 1. The van der Waals surface area contributed by atoms with Crippen LogP contribution in [0.25, 0.3) is 22.2 Å². The summed E-state index contributed by atoms with van der Waals surface area (Å²) in [5.74, 6) is -1.14. The number of rotatable bonds is 4. The molecule has 4 rings (SSSR count). The Balaban J connectivity index is 1.75. The lowest BCUT2D eigenvalue weighted by Gasteiger charge is -2.13. The second kappa shape index (κ2) is 8.38. The van der Waals surface area contributed by atoms with Gasteiger partial charge < -0.3 is 5.32 Å². The molecule has 0 saturated heterocycles. The predicted octanol–water partition coefficient (Wildman–Crippen LogP) is 5.26. The average Bonchev–Trinajstić information content (AvgIpc) is 2.72. The number of nitrogens with zero attached hydrogens (tertiary/aromatic N) is 2. The van der Waals surface area contributed by atoms with E-state index >= 15 is 0 Å². The lowest BCUT2D eigenvalue weighted by molar-refractivity contribution is -0.116. The third-order valence-electron chi connectivity index (χ3n) is 4.50. The summed E-state index contributed by atoms with van der Waals surface area (Å²) in [7, 11) is 0.